The van der Waals surface area contributed by atoms with E-state index in [4.69, 9.17) is 5.73 Å². The molecule has 1 saturated heterocycles. The number of hydrogen-bond donors (Lipinski definition) is 2. The van der Waals surface area contributed by atoms with Crippen molar-refractivity contribution >= 4 is 5.91 Å². The Balaban J connectivity index is 2.42. The Morgan fingerprint density at radius 3 is 2.80 bits per heavy atom. The minimum absolute atomic E-state index is 0.118. The molecule has 1 rings (SSSR count). The van der Waals surface area contributed by atoms with Crippen molar-refractivity contribution in [2.24, 2.45) is 11.7 Å². The lowest BCUT2D eigenvalue weighted by Gasteiger charge is -2.24. The Labute approximate surface area is 92.2 Å². The van der Waals surface area contributed by atoms with Gasteiger partial charge in [-0.1, -0.05) is 13.8 Å². The lowest BCUT2D eigenvalue weighted by atomic mass is 10.0. The molecule has 0 aromatic carbocycles. The fourth-order valence-electron chi connectivity index (χ4n) is 1.91. The fraction of sp³-hybridized carbons (Fsp3) is 0.909. The minimum atomic E-state index is -0.317. The third-order valence-corrected chi connectivity index (χ3v) is 2.69. The molecule has 0 radical (unpaired) electrons. The van der Waals surface area contributed by atoms with Crippen molar-refractivity contribution in [2.75, 3.05) is 26.2 Å². The van der Waals surface area contributed by atoms with Crippen LogP contribution in [-0.4, -0.2) is 43.0 Å². The molecule has 0 aliphatic carbocycles. The van der Waals surface area contributed by atoms with Crippen LogP contribution in [0.4, 0.5) is 0 Å². The van der Waals surface area contributed by atoms with Crippen molar-refractivity contribution in [3.63, 3.8) is 0 Å². The van der Waals surface area contributed by atoms with Crippen LogP contribution >= 0.6 is 0 Å². The monoisotopic (exact) mass is 213 g/mol. The van der Waals surface area contributed by atoms with Crippen LogP contribution in [0.1, 0.15) is 26.7 Å². The average Bonchev–Trinajstić information content (AvgIpc) is 2.43. The van der Waals surface area contributed by atoms with Gasteiger partial charge in [0.15, 0.2) is 0 Å². The van der Waals surface area contributed by atoms with Gasteiger partial charge in [0, 0.05) is 19.6 Å². The number of rotatable bonds is 3. The van der Waals surface area contributed by atoms with Gasteiger partial charge in [-0.2, -0.15) is 0 Å². The molecule has 1 amide bonds. The zero-order valence-corrected chi connectivity index (χ0v) is 9.83. The molecule has 0 aromatic heterocycles. The van der Waals surface area contributed by atoms with Gasteiger partial charge in [-0.15, -0.1) is 0 Å². The Morgan fingerprint density at radius 1 is 1.40 bits per heavy atom. The van der Waals surface area contributed by atoms with E-state index in [0.717, 1.165) is 39.0 Å². The number of nitrogens with one attached hydrogen (secondary N) is 1. The van der Waals surface area contributed by atoms with Gasteiger partial charge in [0.25, 0.3) is 0 Å². The van der Waals surface area contributed by atoms with E-state index in [2.05, 4.69) is 19.2 Å². The molecule has 1 fully saturated rings. The molecule has 3 N–H and O–H groups in total. The van der Waals surface area contributed by atoms with E-state index < -0.39 is 0 Å². The molecule has 1 atom stereocenters. The molecule has 4 heteroatoms. The lowest BCUT2D eigenvalue weighted by molar-refractivity contribution is -0.132. The lowest BCUT2D eigenvalue weighted by Crippen LogP contribution is -2.45. The maximum absolute atomic E-state index is 12.0. The Bertz CT molecular complexity index is 198. The predicted octanol–water partition coefficient (Wildman–Crippen LogP) is 0.182. The first-order chi connectivity index (χ1) is 7.11. The van der Waals surface area contributed by atoms with Crippen molar-refractivity contribution < 1.29 is 4.79 Å². The largest absolute Gasteiger partial charge is 0.340 e. The van der Waals surface area contributed by atoms with Crippen LogP contribution in [0.25, 0.3) is 0 Å². The first-order valence-corrected chi connectivity index (χ1v) is 5.86. The predicted molar refractivity (Wildman–Crippen MR) is 61.5 cm³/mol. The summed E-state index contributed by atoms with van der Waals surface area (Å²) in [5, 5.41) is 3.28. The first kappa shape index (κ1) is 12.5. The summed E-state index contributed by atoms with van der Waals surface area (Å²) in [5.74, 6) is 0.599. The molecule has 15 heavy (non-hydrogen) atoms. The molecule has 0 spiro atoms. The van der Waals surface area contributed by atoms with Crippen LogP contribution in [0.5, 0.6) is 0 Å². The summed E-state index contributed by atoms with van der Waals surface area (Å²) in [6, 6.07) is -0.317. The van der Waals surface area contributed by atoms with E-state index in [1.165, 1.54) is 0 Å². The summed E-state index contributed by atoms with van der Waals surface area (Å²) in [7, 11) is 0. The van der Waals surface area contributed by atoms with E-state index in [1.807, 2.05) is 4.90 Å². The van der Waals surface area contributed by atoms with Crippen molar-refractivity contribution in [3.8, 4) is 0 Å². The second kappa shape index (κ2) is 6.08. The van der Waals surface area contributed by atoms with Gasteiger partial charge in [-0.25, -0.2) is 0 Å². The molecule has 0 bridgehead atoms. The Hall–Kier alpha value is -0.610. The van der Waals surface area contributed by atoms with Gasteiger partial charge in [0.1, 0.15) is 0 Å². The van der Waals surface area contributed by atoms with E-state index >= 15 is 0 Å². The smallest absolute Gasteiger partial charge is 0.239 e. The summed E-state index contributed by atoms with van der Waals surface area (Å²) in [6.45, 7) is 7.72. The molecular weight excluding hydrogens is 190 g/mol. The van der Waals surface area contributed by atoms with Gasteiger partial charge in [0.2, 0.25) is 5.91 Å². The van der Waals surface area contributed by atoms with Crippen LogP contribution in [0, 0.1) is 5.92 Å². The van der Waals surface area contributed by atoms with Crippen LogP contribution in [0.15, 0.2) is 0 Å². The summed E-state index contributed by atoms with van der Waals surface area (Å²) < 4.78 is 0. The van der Waals surface area contributed by atoms with Gasteiger partial charge >= 0.3 is 0 Å². The van der Waals surface area contributed by atoms with E-state index in [-0.39, 0.29) is 11.9 Å². The highest BCUT2D eigenvalue weighted by molar-refractivity contribution is 5.81. The number of amides is 1. The topological polar surface area (TPSA) is 58.4 Å². The molecule has 88 valence electrons. The molecule has 1 aliphatic heterocycles. The van der Waals surface area contributed by atoms with Crippen molar-refractivity contribution in [2.45, 2.75) is 32.7 Å². The summed E-state index contributed by atoms with van der Waals surface area (Å²) in [5.41, 5.74) is 5.89. The van der Waals surface area contributed by atoms with Crippen LogP contribution < -0.4 is 11.1 Å². The standard InChI is InChI=1S/C11H23N3O/c1-9(2)8-10(12)11(15)14-6-3-4-13-5-7-14/h9-10,13H,3-8,12H2,1-2H3. The molecule has 0 aromatic rings. The van der Waals surface area contributed by atoms with Crippen molar-refractivity contribution in [1.82, 2.24) is 10.2 Å². The zero-order valence-electron chi connectivity index (χ0n) is 9.83. The summed E-state index contributed by atoms with van der Waals surface area (Å²) >= 11 is 0. The van der Waals surface area contributed by atoms with Crippen molar-refractivity contribution in [3.05, 3.63) is 0 Å². The SMILES string of the molecule is CC(C)CC(N)C(=O)N1CCCNCC1. The molecule has 1 heterocycles. The Kier molecular flexibility index (Phi) is 5.05. The average molecular weight is 213 g/mol. The molecule has 0 saturated carbocycles. The third-order valence-electron chi connectivity index (χ3n) is 2.69. The van der Waals surface area contributed by atoms with Gasteiger partial charge in [-0.3, -0.25) is 4.79 Å². The third kappa shape index (κ3) is 4.18. The number of hydrogen-bond acceptors (Lipinski definition) is 3. The second-order valence-electron chi connectivity index (χ2n) is 4.66. The number of nitrogens with two attached hydrogens (primary N) is 1. The highest BCUT2D eigenvalue weighted by Crippen LogP contribution is 2.06. The highest BCUT2D eigenvalue weighted by atomic mass is 16.2. The minimum Gasteiger partial charge on any atom is -0.340 e. The van der Waals surface area contributed by atoms with E-state index in [9.17, 15) is 4.79 Å². The van der Waals surface area contributed by atoms with Crippen LogP contribution in [-0.2, 0) is 4.79 Å². The first-order valence-electron chi connectivity index (χ1n) is 5.86. The van der Waals surface area contributed by atoms with Gasteiger partial charge < -0.3 is 16.0 Å². The highest BCUT2D eigenvalue weighted by Gasteiger charge is 2.22. The number of carbonyl (C=O) groups is 1. The summed E-state index contributed by atoms with van der Waals surface area (Å²) in [4.78, 5) is 13.9. The normalized spacial score (nSPS) is 20.1. The number of carbonyl (C=O) groups excluding carboxylic acids is 1. The maximum atomic E-state index is 12.0. The molecule has 4 nitrogen and oxygen atoms in total. The number of nitrogens with zero attached hydrogens (tertiary/aromatic N) is 1. The molecule has 1 aliphatic rings. The summed E-state index contributed by atoms with van der Waals surface area (Å²) in [6.07, 6.45) is 1.81. The van der Waals surface area contributed by atoms with Crippen LogP contribution in [0.2, 0.25) is 0 Å². The quantitative estimate of drug-likeness (QED) is 0.703. The Morgan fingerprint density at radius 2 is 2.13 bits per heavy atom. The second-order valence-corrected chi connectivity index (χ2v) is 4.66. The van der Waals surface area contributed by atoms with E-state index in [0.29, 0.717) is 5.92 Å². The fourth-order valence-corrected chi connectivity index (χ4v) is 1.91. The molecular formula is C11H23N3O. The van der Waals surface area contributed by atoms with Gasteiger partial charge in [-0.05, 0) is 25.3 Å². The van der Waals surface area contributed by atoms with Crippen molar-refractivity contribution in [1.29, 1.82) is 0 Å². The zero-order chi connectivity index (χ0) is 11.3. The van der Waals surface area contributed by atoms with E-state index in [1.54, 1.807) is 0 Å². The molecule has 1 unspecified atom stereocenters. The van der Waals surface area contributed by atoms with Gasteiger partial charge in [0.05, 0.1) is 6.04 Å². The van der Waals surface area contributed by atoms with Crippen LogP contribution in [0.3, 0.4) is 0 Å². The maximum Gasteiger partial charge on any atom is 0.239 e.